The molecule has 9 nitrogen and oxygen atoms in total. The standard InChI is InChI=1S/C11H13F3N4O5/c12-11(13,14)10-15-3-8(18(21)22)17(10)5-7(19)4-16-1-2-23-6-9(16)20/h3,7,19H,1-2,4-6H2/t7-/m0/s1. The van der Waals surface area contributed by atoms with Crippen LogP contribution in [0.1, 0.15) is 5.82 Å². The molecule has 1 amide bonds. The Morgan fingerprint density at radius 1 is 1.48 bits per heavy atom. The number of nitro groups is 1. The zero-order chi connectivity index (χ0) is 17.2. The molecule has 128 valence electrons. The van der Waals surface area contributed by atoms with Gasteiger partial charge in [-0.2, -0.15) is 17.7 Å². The van der Waals surface area contributed by atoms with Crippen molar-refractivity contribution in [2.24, 2.45) is 0 Å². The quantitative estimate of drug-likeness (QED) is 0.599. The number of hydrogen-bond acceptors (Lipinski definition) is 6. The fourth-order valence-electron chi connectivity index (χ4n) is 2.18. The maximum absolute atomic E-state index is 12.8. The molecule has 0 aliphatic carbocycles. The summed E-state index contributed by atoms with van der Waals surface area (Å²) in [5, 5.41) is 20.7. The van der Waals surface area contributed by atoms with Gasteiger partial charge in [-0.1, -0.05) is 0 Å². The van der Waals surface area contributed by atoms with Gasteiger partial charge in [-0.25, -0.2) is 4.98 Å². The predicted molar refractivity (Wildman–Crippen MR) is 67.3 cm³/mol. The lowest BCUT2D eigenvalue weighted by Crippen LogP contribution is -2.46. The maximum atomic E-state index is 12.8. The molecule has 1 N–H and O–H groups in total. The lowest BCUT2D eigenvalue weighted by molar-refractivity contribution is -0.392. The van der Waals surface area contributed by atoms with Gasteiger partial charge in [0, 0.05) is 6.54 Å². The number of morpholine rings is 1. The van der Waals surface area contributed by atoms with Crippen LogP contribution in [-0.4, -0.2) is 62.8 Å². The van der Waals surface area contributed by atoms with E-state index >= 15 is 0 Å². The minimum Gasteiger partial charge on any atom is -0.387 e. The molecule has 1 fully saturated rings. The Morgan fingerprint density at radius 2 is 2.17 bits per heavy atom. The lowest BCUT2D eigenvalue weighted by Gasteiger charge is -2.28. The third-order valence-electron chi connectivity index (χ3n) is 3.18. The van der Waals surface area contributed by atoms with Gasteiger partial charge in [0.1, 0.15) is 25.5 Å². The second-order valence-corrected chi connectivity index (χ2v) is 4.85. The number of aliphatic hydroxyl groups excluding tert-OH is 1. The molecule has 23 heavy (non-hydrogen) atoms. The van der Waals surface area contributed by atoms with Crippen molar-refractivity contribution in [3.63, 3.8) is 0 Å². The van der Waals surface area contributed by atoms with Crippen LogP contribution in [-0.2, 0) is 22.3 Å². The van der Waals surface area contributed by atoms with Crippen molar-refractivity contribution in [2.45, 2.75) is 18.8 Å². The van der Waals surface area contributed by atoms with E-state index in [1.54, 1.807) is 0 Å². The van der Waals surface area contributed by atoms with Gasteiger partial charge in [-0.05, 0) is 4.92 Å². The number of nitrogens with zero attached hydrogens (tertiary/aromatic N) is 4. The highest BCUT2D eigenvalue weighted by Crippen LogP contribution is 2.31. The van der Waals surface area contributed by atoms with Crippen LogP contribution >= 0.6 is 0 Å². The third kappa shape index (κ3) is 3.96. The summed E-state index contributed by atoms with van der Waals surface area (Å²) >= 11 is 0. The Morgan fingerprint density at radius 3 is 2.74 bits per heavy atom. The van der Waals surface area contributed by atoms with Crippen LogP contribution in [0, 0.1) is 10.1 Å². The second kappa shape index (κ2) is 6.50. The van der Waals surface area contributed by atoms with Crippen LogP contribution in [0.4, 0.5) is 19.0 Å². The summed E-state index contributed by atoms with van der Waals surface area (Å²) in [4.78, 5) is 25.5. The average Bonchev–Trinajstić information content (AvgIpc) is 2.85. The van der Waals surface area contributed by atoms with Crippen molar-refractivity contribution in [1.82, 2.24) is 14.5 Å². The molecule has 1 aromatic heterocycles. The Bertz CT molecular complexity index is 603. The molecule has 0 unspecified atom stereocenters. The van der Waals surface area contributed by atoms with Gasteiger partial charge in [0.15, 0.2) is 0 Å². The third-order valence-corrected chi connectivity index (χ3v) is 3.18. The van der Waals surface area contributed by atoms with Gasteiger partial charge >= 0.3 is 17.8 Å². The molecule has 1 saturated heterocycles. The zero-order valence-corrected chi connectivity index (χ0v) is 11.7. The number of carbonyl (C=O) groups is 1. The molecule has 2 rings (SSSR count). The maximum Gasteiger partial charge on any atom is 0.473 e. The number of β-amino-alcohol motifs (C(OH)–C–C–N with tert-alkyl or cyclic N) is 1. The fraction of sp³-hybridized carbons (Fsp3) is 0.636. The van der Waals surface area contributed by atoms with Crippen molar-refractivity contribution < 1.29 is 32.7 Å². The summed E-state index contributed by atoms with van der Waals surface area (Å²) in [6.07, 6.45) is -5.84. The smallest absolute Gasteiger partial charge is 0.387 e. The van der Waals surface area contributed by atoms with Gasteiger partial charge in [-0.15, -0.1) is 0 Å². The van der Waals surface area contributed by atoms with Crippen LogP contribution < -0.4 is 0 Å². The van der Waals surface area contributed by atoms with Crippen molar-refractivity contribution in [2.75, 3.05) is 26.3 Å². The van der Waals surface area contributed by atoms with Gasteiger partial charge in [0.2, 0.25) is 5.91 Å². The first-order valence-electron chi connectivity index (χ1n) is 6.51. The average molecular weight is 338 g/mol. The molecule has 1 atom stereocenters. The number of aromatic nitrogens is 2. The Kier molecular flexibility index (Phi) is 4.85. The highest BCUT2D eigenvalue weighted by molar-refractivity contribution is 5.78. The summed E-state index contributed by atoms with van der Waals surface area (Å²) in [6, 6.07) is 0. The Balaban J connectivity index is 2.16. The number of halogens is 3. The van der Waals surface area contributed by atoms with Crippen LogP contribution in [0.5, 0.6) is 0 Å². The summed E-state index contributed by atoms with van der Waals surface area (Å²) in [5.41, 5.74) is 0. The minimum absolute atomic E-state index is 0.175. The first-order valence-corrected chi connectivity index (χ1v) is 6.51. The van der Waals surface area contributed by atoms with E-state index in [4.69, 9.17) is 4.74 Å². The first kappa shape index (κ1) is 17.1. The molecular weight excluding hydrogens is 325 g/mol. The predicted octanol–water partition coefficient (Wildman–Crippen LogP) is 0.0298. The van der Waals surface area contributed by atoms with Gasteiger partial charge in [-0.3, -0.25) is 4.79 Å². The molecule has 0 aromatic carbocycles. The van der Waals surface area contributed by atoms with Crippen molar-refractivity contribution in [1.29, 1.82) is 0 Å². The fourth-order valence-corrected chi connectivity index (χ4v) is 2.18. The number of ether oxygens (including phenoxy) is 1. The topological polar surface area (TPSA) is 111 Å². The molecule has 1 aromatic rings. The summed E-state index contributed by atoms with van der Waals surface area (Å²) in [5.74, 6) is -2.77. The highest BCUT2D eigenvalue weighted by Gasteiger charge is 2.43. The number of alkyl halides is 3. The SMILES string of the molecule is O=C1COCCN1C[C@H](O)Cn1c([N+](=O)[O-])cnc1C(F)(F)F. The van der Waals surface area contributed by atoms with Crippen molar-refractivity contribution >= 4 is 11.7 Å². The summed E-state index contributed by atoms with van der Waals surface area (Å²) in [6.45, 7) is -0.706. The van der Waals surface area contributed by atoms with Crippen molar-refractivity contribution in [3.05, 3.63) is 22.1 Å². The number of imidazole rings is 1. The summed E-state index contributed by atoms with van der Waals surface area (Å²) < 4.78 is 43.7. The van der Waals surface area contributed by atoms with Gasteiger partial charge < -0.3 is 24.9 Å². The molecule has 0 saturated carbocycles. The monoisotopic (exact) mass is 338 g/mol. The largest absolute Gasteiger partial charge is 0.473 e. The van der Waals surface area contributed by atoms with E-state index in [0.717, 1.165) is 0 Å². The molecular formula is C11H13F3N4O5. The first-order chi connectivity index (χ1) is 10.7. The van der Waals surface area contributed by atoms with E-state index in [0.29, 0.717) is 6.20 Å². The molecule has 0 spiro atoms. The van der Waals surface area contributed by atoms with E-state index < -0.39 is 41.3 Å². The van der Waals surface area contributed by atoms with Gasteiger partial charge in [0.05, 0.1) is 13.2 Å². The number of hydrogen-bond donors (Lipinski definition) is 1. The number of rotatable bonds is 5. The van der Waals surface area contributed by atoms with Crippen LogP contribution in [0.25, 0.3) is 0 Å². The normalized spacial score (nSPS) is 17.4. The molecule has 0 radical (unpaired) electrons. The molecule has 1 aliphatic heterocycles. The van der Waals surface area contributed by atoms with Gasteiger partial charge in [0.25, 0.3) is 0 Å². The van der Waals surface area contributed by atoms with E-state index in [1.807, 2.05) is 0 Å². The summed E-state index contributed by atoms with van der Waals surface area (Å²) in [7, 11) is 0. The van der Waals surface area contributed by atoms with Crippen LogP contribution in [0.2, 0.25) is 0 Å². The number of amides is 1. The Hall–Kier alpha value is -2.21. The van der Waals surface area contributed by atoms with Crippen molar-refractivity contribution in [3.8, 4) is 0 Å². The lowest BCUT2D eigenvalue weighted by atomic mass is 10.3. The van der Waals surface area contributed by atoms with E-state index in [-0.39, 0.29) is 30.9 Å². The van der Waals surface area contributed by atoms with E-state index in [2.05, 4.69) is 4.98 Å². The molecule has 1 aliphatic rings. The molecule has 0 bridgehead atoms. The minimum atomic E-state index is -4.90. The zero-order valence-electron chi connectivity index (χ0n) is 11.7. The van der Waals surface area contributed by atoms with E-state index in [9.17, 15) is 33.2 Å². The molecule has 2 heterocycles. The van der Waals surface area contributed by atoms with Crippen LogP contribution in [0.3, 0.4) is 0 Å². The Labute approximate surface area is 127 Å². The highest BCUT2D eigenvalue weighted by atomic mass is 19.4. The van der Waals surface area contributed by atoms with Crippen LogP contribution in [0.15, 0.2) is 6.20 Å². The number of carbonyl (C=O) groups excluding carboxylic acids is 1. The van der Waals surface area contributed by atoms with E-state index in [1.165, 1.54) is 4.90 Å². The molecule has 12 heteroatoms. The number of aliphatic hydroxyl groups is 1. The second-order valence-electron chi connectivity index (χ2n) is 4.85.